The van der Waals surface area contributed by atoms with E-state index in [1.165, 1.54) is 5.56 Å². The SMILES string of the molecule is C=C/C=C\C=C\N1CC2(CCN(CCc3cccc(C(=C)OCC)c3)CC2)CC(C)C1=O.F. The number of hydrogen-bond donors (Lipinski definition) is 0. The van der Waals surface area contributed by atoms with Crippen LogP contribution >= 0.6 is 0 Å². The highest BCUT2D eigenvalue weighted by Gasteiger charge is 2.43. The standard InChI is InChI=1S/C28H38N2O2.FH/c1-5-7-8-9-16-30-22-28(21-23(3)27(30)31)14-18-29(19-15-28)17-13-25-11-10-12-26(20-25)24(4)32-6-2;/h5,7-12,16,20,23H,1,4,6,13-15,17-19,21-22H2,2-3H3;1H/b8-7-,16-9+;. The Bertz CT molecular complexity index is 868. The van der Waals surface area contributed by atoms with Gasteiger partial charge in [-0.1, -0.05) is 56.5 Å². The van der Waals surface area contributed by atoms with Gasteiger partial charge < -0.3 is 14.5 Å². The second kappa shape index (κ2) is 12.5. The molecule has 1 unspecified atom stereocenters. The molecule has 0 aromatic heterocycles. The summed E-state index contributed by atoms with van der Waals surface area (Å²) >= 11 is 0. The van der Waals surface area contributed by atoms with Gasteiger partial charge in [0.15, 0.2) is 0 Å². The Labute approximate surface area is 198 Å². The summed E-state index contributed by atoms with van der Waals surface area (Å²) in [5, 5.41) is 0. The first kappa shape index (κ1) is 26.6. The van der Waals surface area contributed by atoms with Crippen molar-refractivity contribution in [3.05, 3.63) is 79.1 Å². The van der Waals surface area contributed by atoms with E-state index in [1.807, 2.05) is 36.3 Å². The normalized spacial score (nSPS) is 20.8. The van der Waals surface area contributed by atoms with Crippen molar-refractivity contribution in [2.24, 2.45) is 11.3 Å². The van der Waals surface area contributed by atoms with Gasteiger partial charge in [-0.25, -0.2) is 0 Å². The van der Waals surface area contributed by atoms with Crippen LogP contribution in [0.2, 0.25) is 0 Å². The number of amides is 1. The fourth-order valence-electron chi connectivity index (χ4n) is 5.00. The van der Waals surface area contributed by atoms with Crippen LogP contribution in [0.4, 0.5) is 4.70 Å². The molecule has 1 aromatic rings. The molecule has 2 saturated heterocycles. The zero-order valence-corrected chi connectivity index (χ0v) is 20.2. The summed E-state index contributed by atoms with van der Waals surface area (Å²) in [6.45, 7) is 16.5. The average Bonchev–Trinajstić information content (AvgIpc) is 2.80. The van der Waals surface area contributed by atoms with Crippen molar-refractivity contribution in [3.63, 3.8) is 0 Å². The van der Waals surface area contributed by atoms with Crippen molar-refractivity contribution in [1.29, 1.82) is 0 Å². The summed E-state index contributed by atoms with van der Waals surface area (Å²) in [6.07, 6.45) is 13.8. The number of ether oxygens (including phenoxy) is 1. The summed E-state index contributed by atoms with van der Waals surface area (Å²) in [7, 11) is 0. The molecule has 0 aliphatic carbocycles. The molecule has 1 atom stereocenters. The monoisotopic (exact) mass is 454 g/mol. The Morgan fingerprint density at radius 3 is 2.70 bits per heavy atom. The molecule has 4 nitrogen and oxygen atoms in total. The number of benzene rings is 1. The van der Waals surface area contributed by atoms with Gasteiger partial charge >= 0.3 is 0 Å². The van der Waals surface area contributed by atoms with Crippen molar-refractivity contribution in [2.45, 2.75) is 39.5 Å². The molecule has 33 heavy (non-hydrogen) atoms. The molecule has 2 fully saturated rings. The lowest BCUT2D eigenvalue weighted by molar-refractivity contribution is -0.141. The summed E-state index contributed by atoms with van der Waals surface area (Å²) in [4.78, 5) is 17.2. The van der Waals surface area contributed by atoms with E-state index in [9.17, 15) is 4.79 Å². The van der Waals surface area contributed by atoms with Crippen molar-refractivity contribution in [2.75, 3.05) is 32.8 Å². The molecule has 0 bridgehead atoms. The fraction of sp³-hybridized carbons (Fsp3) is 0.464. The second-order valence-electron chi connectivity index (χ2n) is 9.18. The van der Waals surface area contributed by atoms with E-state index in [-0.39, 0.29) is 21.9 Å². The minimum atomic E-state index is 0. The van der Waals surface area contributed by atoms with E-state index < -0.39 is 0 Å². The van der Waals surface area contributed by atoms with Gasteiger partial charge in [-0.05, 0) is 68.8 Å². The van der Waals surface area contributed by atoms with Crippen LogP contribution in [0.5, 0.6) is 0 Å². The van der Waals surface area contributed by atoms with E-state index in [1.54, 1.807) is 6.08 Å². The predicted octanol–water partition coefficient (Wildman–Crippen LogP) is 5.60. The van der Waals surface area contributed by atoms with E-state index in [0.29, 0.717) is 6.61 Å². The van der Waals surface area contributed by atoms with Gasteiger partial charge in [0.2, 0.25) is 5.91 Å². The molecule has 0 radical (unpaired) electrons. The van der Waals surface area contributed by atoms with Crippen LogP contribution in [0.25, 0.3) is 5.76 Å². The third kappa shape index (κ3) is 7.16. The second-order valence-corrected chi connectivity index (χ2v) is 9.18. The molecule has 2 aliphatic heterocycles. The third-order valence-corrected chi connectivity index (χ3v) is 6.77. The smallest absolute Gasteiger partial charge is 0.229 e. The van der Waals surface area contributed by atoms with Crippen molar-refractivity contribution >= 4 is 11.7 Å². The Hall–Kier alpha value is -2.66. The van der Waals surface area contributed by atoms with Gasteiger partial charge in [0.1, 0.15) is 5.76 Å². The van der Waals surface area contributed by atoms with Gasteiger partial charge in [-0.15, -0.1) is 0 Å². The lowest BCUT2D eigenvalue weighted by atomic mass is 9.69. The summed E-state index contributed by atoms with van der Waals surface area (Å²) in [5.41, 5.74) is 2.63. The largest absolute Gasteiger partial charge is 0.494 e. The molecule has 180 valence electrons. The molecular weight excluding hydrogens is 415 g/mol. The van der Waals surface area contributed by atoms with Crippen LogP contribution in [0, 0.1) is 11.3 Å². The molecule has 0 N–H and O–H groups in total. The number of nitrogens with zero attached hydrogens (tertiary/aromatic N) is 2. The maximum Gasteiger partial charge on any atom is 0.229 e. The van der Waals surface area contributed by atoms with Crippen LogP contribution in [0.15, 0.2) is 67.9 Å². The molecule has 2 heterocycles. The van der Waals surface area contributed by atoms with Crippen LogP contribution < -0.4 is 0 Å². The van der Waals surface area contributed by atoms with Gasteiger partial charge in [0.25, 0.3) is 0 Å². The maximum atomic E-state index is 12.7. The number of hydrogen-bond acceptors (Lipinski definition) is 3. The Morgan fingerprint density at radius 2 is 2.00 bits per heavy atom. The summed E-state index contributed by atoms with van der Waals surface area (Å²) in [5.74, 6) is 1.08. The Morgan fingerprint density at radius 1 is 1.24 bits per heavy atom. The number of allylic oxidation sites excluding steroid dienone is 4. The summed E-state index contributed by atoms with van der Waals surface area (Å²) in [6, 6.07) is 8.54. The quantitative estimate of drug-likeness (QED) is 0.360. The molecule has 5 heteroatoms. The van der Waals surface area contributed by atoms with Gasteiger partial charge in [-0.2, -0.15) is 0 Å². The maximum absolute atomic E-state index is 12.7. The van der Waals surface area contributed by atoms with E-state index in [4.69, 9.17) is 4.74 Å². The number of carbonyl (C=O) groups is 1. The molecule has 1 spiro atoms. The molecule has 3 rings (SSSR count). The number of piperidine rings is 2. The minimum absolute atomic E-state index is 0. The molecule has 0 saturated carbocycles. The Kier molecular flexibility index (Phi) is 10.1. The van der Waals surface area contributed by atoms with E-state index >= 15 is 0 Å². The van der Waals surface area contributed by atoms with E-state index in [0.717, 1.165) is 63.2 Å². The highest BCUT2D eigenvalue weighted by molar-refractivity contribution is 5.80. The predicted molar refractivity (Wildman–Crippen MR) is 135 cm³/mol. The lowest BCUT2D eigenvalue weighted by Crippen LogP contribution is -2.52. The van der Waals surface area contributed by atoms with Crippen molar-refractivity contribution in [3.8, 4) is 0 Å². The minimum Gasteiger partial charge on any atom is -0.494 e. The molecule has 2 aliphatic rings. The Balaban J connectivity index is 0.00000385. The number of rotatable bonds is 9. The molecule has 1 aromatic carbocycles. The average molecular weight is 455 g/mol. The number of likely N-dealkylation sites (tertiary alicyclic amines) is 2. The first-order valence-corrected chi connectivity index (χ1v) is 11.9. The highest BCUT2D eigenvalue weighted by atomic mass is 19.0. The fourth-order valence-corrected chi connectivity index (χ4v) is 5.00. The van der Waals surface area contributed by atoms with Gasteiger partial charge in [0, 0.05) is 30.8 Å². The van der Waals surface area contributed by atoms with Gasteiger partial charge in [-0.3, -0.25) is 9.50 Å². The first-order chi connectivity index (χ1) is 15.5. The van der Waals surface area contributed by atoms with Crippen LogP contribution in [-0.4, -0.2) is 48.5 Å². The number of carbonyl (C=O) groups excluding carboxylic acids is 1. The summed E-state index contributed by atoms with van der Waals surface area (Å²) < 4.78 is 5.56. The topological polar surface area (TPSA) is 32.8 Å². The first-order valence-electron chi connectivity index (χ1n) is 11.9. The number of halogens is 1. The zero-order chi connectivity index (χ0) is 23.0. The van der Waals surface area contributed by atoms with Crippen molar-refractivity contribution in [1.82, 2.24) is 9.80 Å². The van der Waals surface area contributed by atoms with Crippen LogP contribution in [0.1, 0.15) is 44.2 Å². The van der Waals surface area contributed by atoms with E-state index in [2.05, 4.69) is 49.2 Å². The molecular formula is C28H39FN2O2. The van der Waals surface area contributed by atoms with Gasteiger partial charge in [0.05, 0.1) is 6.61 Å². The zero-order valence-electron chi connectivity index (χ0n) is 20.2. The van der Waals surface area contributed by atoms with Crippen molar-refractivity contribution < 1.29 is 14.2 Å². The lowest BCUT2D eigenvalue weighted by Gasteiger charge is -2.48. The van der Waals surface area contributed by atoms with Crippen LogP contribution in [0.3, 0.4) is 0 Å². The highest BCUT2D eigenvalue weighted by Crippen LogP contribution is 2.42. The molecule has 1 amide bonds. The van der Waals surface area contributed by atoms with Crippen LogP contribution in [-0.2, 0) is 16.0 Å². The third-order valence-electron chi connectivity index (χ3n) is 6.77.